The highest BCUT2D eigenvalue weighted by Gasteiger charge is 2.26. The highest BCUT2D eigenvalue weighted by atomic mass is 16.5. The number of hydrogen-bond acceptors (Lipinski definition) is 3. The Hall–Kier alpha value is -1.06. The molecule has 2 rings (SSSR count). The molecule has 0 radical (unpaired) electrons. The van der Waals surface area contributed by atoms with Gasteiger partial charge in [0.2, 0.25) is 0 Å². The molecule has 0 spiro atoms. The van der Waals surface area contributed by atoms with Crippen LogP contribution in [0.4, 0.5) is 0 Å². The summed E-state index contributed by atoms with van der Waals surface area (Å²) in [4.78, 5) is 0. The van der Waals surface area contributed by atoms with Crippen molar-refractivity contribution in [3.8, 4) is 5.75 Å². The van der Waals surface area contributed by atoms with Gasteiger partial charge in [-0.1, -0.05) is 19.1 Å². The lowest BCUT2D eigenvalue weighted by Gasteiger charge is -2.24. The predicted molar refractivity (Wildman–Crippen MR) is 68.3 cm³/mol. The number of ether oxygens (including phenoxy) is 2. The highest BCUT2D eigenvalue weighted by Crippen LogP contribution is 2.30. The first-order valence-corrected chi connectivity index (χ1v) is 6.30. The molecule has 0 aromatic heterocycles. The number of rotatable bonds is 5. The lowest BCUT2D eigenvalue weighted by Crippen LogP contribution is -2.28. The van der Waals surface area contributed by atoms with Crippen molar-refractivity contribution in [2.24, 2.45) is 5.92 Å². The highest BCUT2D eigenvalue weighted by molar-refractivity contribution is 5.31. The first-order chi connectivity index (χ1) is 8.35. The van der Waals surface area contributed by atoms with Crippen molar-refractivity contribution >= 4 is 0 Å². The average Bonchev–Trinajstić information content (AvgIpc) is 2.89. The van der Waals surface area contributed by atoms with E-state index in [1.165, 1.54) is 5.56 Å². The molecule has 1 aromatic carbocycles. The SMILES string of the molecule is CCNC(c1cccc(OC)c1)C1CCOC1. The lowest BCUT2D eigenvalue weighted by molar-refractivity contribution is 0.177. The zero-order valence-electron chi connectivity index (χ0n) is 10.6. The molecule has 17 heavy (non-hydrogen) atoms. The van der Waals surface area contributed by atoms with Crippen LogP contribution in [0.1, 0.15) is 24.9 Å². The molecule has 1 N–H and O–H groups in total. The van der Waals surface area contributed by atoms with Gasteiger partial charge in [-0.3, -0.25) is 0 Å². The van der Waals surface area contributed by atoms with Crippen molar-refractivity contribution in [2.45, 2.75) is 19.4 Å². The number of hydrogen-bond donors (Lipinski definition) is 1. The Balaban J connectivity index is 2.18. The first kappa shape index (κ1) is 12.4. The maximum Gasteiger partial charge on any atom is 0.119 e. The van der Waals surface area contributed by atoms with Gasteiger partial charge in [0.05, 0.1) is 13.7 Å². The fraction of sp³-hybridized carbons (Fsp3) is 0.571. The molecule has 1 saturated heterocycles. The van der Waals surface area contributed by atoms with E-state index < -0.39 is 0 Å². The van der Waals surface area contributed by atoms with Crippen molar-refractivity contribution in [3.63, 3.8) is 0 Å². The molecule has 0 aliphatic carbocycles. The second-order valence-electron chi connectivity index (χ2n) is 4.44. The van der Waals surface area contributed by atoms with Crippen molar-refractivity contribution in [1.29, 1.82) is 0 Å². The van der Waals surface area contributed by atoms with Crippen LogP contribution in [0, 0.1) is 5.92 Å². The van der Waals surface area contributed by atoms with E-state index in [0.717, 1.165) is 31.9 Å². The smallest absolute Gasteiger partial charge is 0.119 e. The quantitative estimate of drug-likeness (QED) is 0.850. The van der Waals surface area contributed by atoms with Gasteiger partial charge in [0.25, 0.3) is 0 Å². The van der Waals surface area contributed by atoms with Gasteiger partial charge in [0.15, 0.2) is 0 Å². The summed E-state index contributed by atoms with van der Waals surface area (Å²) in [7, 11) is 1.71. The maximum atomic E-state index is 5.49. The number of methoxy groups -OCH3 is 1. The summed E-state index contributed by atoms with van der Waals surface area (Å²) in [5.74, 6) is 1.49. The van der Waals surface area contributed by atoms with E-state index >= 15 is 0 Å². The first-order valence-electron chi connectivity index (χ1n) is 6.30. The van der Waals surface area contributed by atoms with Crippen LogP contribution in [0.25, 0.3) is 0 Å². The number of benzene rings is 1. The van der Waals surface area contributed by atoms with Crippen LogP contribution < -0.4 is 10.1 Å². The molecule has 94 valence electrons. The summed E-state index contributed by atoms with van der Waals surface area (Å²) < 4.78 is 10.8. The molecule has 0 amide bonds. The van der Waals surface area contributed by atoms with Crippen LogP contribution in [0.5, 0.6) is 5.75 Å². The standard InChI is InChI=1S/C14H21NO2/c1-3-15-14(12-7-8-17-10-12)11-5-4-6-13(9-11)16-2/h4-6,9,12,14-15H,3,7-8,10H2,1-2H3. The van der Waals surface area contributed by atoms with Crippen LogP contribution >= 0.6 is 0 Å². The Kier molecular flexibility index (Phi) is 4.40. The van der Waals surface area contributed by atoms with E-state index in [0.29, 0.717) is 12.0 Å². The van der Waals surface area contributed by atoms with E-state index in [9.17, 15) is 0 Å². The Labute approximate surface area is 103 Å². The van der Waals surface area contributed by atoms with Gasteiger partial charge in [-0.05, 0) is 30.7 Å². The van der Waals surface area contributed by atoms with Gasteiger partial charge in [-0.15, -0.1) is 0 Å². The molecule has 3 nitrogen and oxygen atoms in total. The minimum atomic E-state index is 0.373. The van der Waals surface area contributed by atoms with Crippen molar-refractivity contribution in [1.82, 2.24) is 5.32 Å². The molecule has 1 aliphatic rings. The van der Waals surface area contributed by atoms with Gasteiger partial charge < -0.3 is 14.8 Å². The summed E-state index contributed by atoms with van der Waals surface area (Å²) in [6, 6.07) is 8.68. The summed E-state index contributed by atoms with van der Waals surface area (Å²) in [5, 5.41) is 3.56. The fourth-order valence-corrected chi connectivity index (χ4v) is 2.43. The minimum Gasteiger partial charge on any atom is -0.497 e. The third-order valence-corrected chi connectivity index (χ3v) is 3.31. The van der Waals surface area contributed by atoms with Gasteiger partial charge in [0, 0.05) is 18.6 Å². The minimum absolute atomic E-state index is 0.373. The zero-order chi connectivity index (χ0) is 12.1. The van der Waals surface area contributed by atoms with Crippen LogP contribution in [0.15, 0.2) is 24.3 Å². The molecule has 3 heteroatoms. The van der Waals surface area contributed by atoms with E-state index in [1.807, 2.05) is 12.1 Å². The van der Waals surface area contributed by atoms with Gasteiger partial charge in [0.1, 0.15) is 5.75 Å². The monoisotopic (exact) mass is 235 g/mol. The average molecular weight is 235 g/mol. The molecule has 0 bridgehead atoms. The predicted octanol–water partition coefficient (Wildman–Crippen LogP) is 2.38. The molecule has 1 fully saturated rings. The number of nitrogens with one attached hydrogen (secondary N) is 1. The molecule has 2 unspecified atom stereocenters. The van der Waals surface area contributed by atoms with E-state index in [2.05, 4.69) is 24.4 Å². The molecule has 1 aromatic rings. The third kappa shape index (κ3) is 2.99. The Morgan fingerprint density at radius 3 is 3.06 bits per heavy atom. The molecule has 0 saturated carbocycles. The van der Waals surface area contributed by atoms with Crippen LogP contribution in [0.3, 0.4) is 0 Å². The van der Waals surface area contributed by atoms with Crippen LogP contribution in [-0.4, -0.2) is 26.9 Å². The Morgan fingerprint density at radius 1 is 1.53 bits per heavy atom. The summed E-state index contributed by atoms with van der Waals surface area (Å²) >= 11 is 0. The van der Waals surface area contributed by atoms with E-state index in [-0.39, 0.29) is 0 Å². The largest absolute Gasteiger partial charge is 0.497 e. The summed E-state index contributed by atoms with van der Waals surface area (Å²) in [6.07, 6.45) is 1.13. The lowest BCUT2D eigenvalue weighted by atomic mass is 9.92. The second-order valence-corrected chi connectivity index (χ2v) is 4.44. The maximum absolute atomic E-state index is 5.49. The third-order valence-electron chi connectivity index (χ3n) is 3.31. The fourth-order valence-electron chi connectivity index (χ4n) is 2.43. The van der Waals surface area contributed by atoms with E-state index in [4.69, 9.17) is 9.47 Å². The summed E-state index contributed by atoms with van der Waals surface area (Å²) in [5.41, 5.74) is 1.29. The summed E-state index contributed by atoms with van der Waals surface area (Å²) in [6.45, 7) is 4.85. The Bertz CT molecular complexity index is 348. The van der Waals surface area contributed by atoms with Gasteiger partial charge in [-0.2, -0.15) is 0 Å². The molecular weight excluding hydrogens is 214 g/mol. The van der Waals surface area contributed by atoms with Crippen molar-refractivity contribution < 1.29 is 9.47 Å². The second kappa shape index (κ2) is 6.03. The molecule has 1 heterocycles. The Morgan fingerprint density at radius 2 is 2.41 bits per heavy atom. The van der Waals surface area contributed by atoms with Gasteiger partial charge in [-0.25, -0.2) is 0 Å². The van der Waals surface area contributed by atoms with Crippen LogP contribution in [0.2, 0.25) is 0 Å². The van der Waals surface area contributed by atoms with Crippen molar-refractivity contribution in [3.05, 3.63) is 29.8 Å². The zero-order valence-corrected chi connectivity index (χ0v) is 10.6. The molecule has 1 aliphatic heterocycles. The van der Waals surface area contributed by atoms with E-state index in [1.54, 1.807) is 7.11 Å². The van der Waals surface area contributed by atoms with Gasteiger partial charge >= 0.3 is 0 Å². The van der Waals surface area contributed by atoms with Crippen molar-refractivity contribution in [2.75, 3.05) is 26.9 Å². The molecule has 2 atom stereocenters. The van der Waals surface area contributed by atoms with Crippen LogP contribution in [-0.2, 0) is 4.74 Å². The topological polar surface area (TPSA) is 30.5 Å². The normalized spacial score (nSPS) is 21.4. The molecular formula is C14H21NO2.